The van der Waals surface area contributed by atoms with E-state index in [-0.39, 0.29) is 5.22 Å². The minimum Gasteiger partial charge on any atom is -0.418 e. The molecule has 2 nitrogen and oxygen atoms in total. The van der Waals surface area contributed by atoms with Crippen LogP contribution in [0.2, 0.25) is 51.9 Å². The summed E-state index contributed by atoms with van der Waals surface area (Å²) in [7, 11) is -5.66. The Labute approximate surface area is 123 Å². The second-order valence-corrected chi connectivity index (χ2v) is 47.1. The second kappa shape index (κ2) is 4.91. The van der Waals surface area contributed by atoms with Gasteiger partial charge in [0, 0.05) is 18.9 Å². The maximum absolute atomic E-state index is 9.35. The zero-order valence-corrected chi connectivity index (χ0v) is 18.5. The minimum atomic E-state index is -1.57. The summed E-state index contributed by atoms with van der Waals surface area (Å²) in [6.45, 7) is 23.1. The van der Waals surface area contributed by atoms with Crippen LogP contribution in [0.4, 0.5) is 0 Å². The molecule has 1 aliphatic rings. The summed E-state index contributed by atoms with van der Waals surface area (Å²) >= 11 is 0. The fraction of sp³-hybridized carbons (Fsp3) is 1.00. The van der Waals surface area contributed by atoms with Crippen molar-refractivity contribution in [1.29, 1.82) is 0 Å². The van der Waals surface area contributed by atoms with Crippen molar-refractivity contribution in [3.05, 3.63) is 0 Å². The van der Waals surface area contributed by atoms with Gasteiger partial charge in [0.25, 0.3) is 0 Å². The van der Waals surface area contributed by atoms with Crippen LogP contribution in [0, 0.1) is 0 Å². The van der Waals surface area contributed by atoms with Crippen molar-refractivity contribution in [1.82, 2.24) is 0 Å². The average Bonchev–Trinajstić information content (AvgIpc) is 2.21. The molecule has 1 fully saturated rings. The third kappa shape index (κ3) is 2.32. The van der Waals surface area contributed by atoms with Crippen LogP contribution in [-0.4, -0.2) is 46.6 Å². The van der Waals surface area contributed by atoms with E-state index in [0.717, 1.165) is 6.42 Å². The normalized spacial score (nSPS) is 35.1. The van der Waals surface area contributed by atoms with Crippen molar-refractivity contribution in [2.45, 2.75) is 77.4 Å². The number of aliphatic hydroxyl groups is 1. The van der Waals surface area contributed by atoms with Crippen LogP contribution in [0.3, 0.4) is 0 Å². The average molecular weight is 335 g/mol. The van der Waals surface area contributed by atoms with E-state index in [2.05, 4.69) is 59.7 Å². The molecule has 1 saturated heterocycles. The van der Waals surface area contributed by atoms with Gasteiger partial charge < -0.3 is 9.53 Å². The summed E-state index contributed by atoms with van der Waals surface area (Å²) in [6, 6.07) is 1.32. The summed E-state index contributed by atoms with van der Waals surface area (Å²) in [5.41, 5.74) is 0. The predicted octanol–water partition coefficient (Wildman–Crippen LogP) is 3.65. The first-order valence-corrected chi connectivity index (χ1v) is 22.2. The van der Waals surface area contributed by atoms with E-state index in [9.17, 15) is 5.11 Å². The number of hydrogen-bond acceptors (Lipinski definition) is 2. The first-order valence-electron chi connectivity index (χ1n) is 7.58. The van der Waals surface area contributed by atoms with Gasteiger partial charge in [-0.1, -0.05) is 38.8 Å². The van der Waals surface area contributed by atoms with Gasteiger partial charge in [-0.25, -0.2) is 0 Å². The molecule has 114 valence electrons. The first-order chi connectivity index (χ1) is 8.27. The highest BCUT2D eigenvalue weighted by atomic mass is 29.8. The van der Waals surface area contributed by atoms with Crippen molar-refractivity contribution in [3.8, 4) is 0 Å². The van der Waals surface area contributed by atoms with Crippen molar-refractivity contribution < 1.29 is 9.53 Å². The Kier molecular flexibility index (Phi) is 4.61. The molecule has 0 bridgehead atoms. The molecule has 1 N–H and O–H groups in total. The Morgan fingerprint density at radius 1 is 0.947 bits per heavy atom. The minimum absolute atomic E-state index is 0.113. The van der Waals surface area contributed by atoms with Gasteiger partial charge in [0.05, 0.1) is 14.7 Å². The smallest absolute Gasteiger partial charge is 0.171 e. The molecular weight excluding hydrogens is 300 g/mol. The zero-order chi connectivity index (χ0) is 15.3. The van der Waals surface area contributed by atoms with E-state index in [4.69, 9.17) is 4.43 Å². The molecule has 6 heteroatoms. The van der Waals surface area contributed by atoms with Crippen LogP contribution in [-0.2, 0) is 4.43 Å². The molecule has 0 spiro atoms. The quantitative estimate of drug-likeness (QED) is 0.798. The molecule has 0 aliphatic carbocycles. The second-order valence-electron chi connectivity index (χ2n) is 8.53. The third-order valence-corrected chi connectivity index (χ3v) is 74.4. The van der Waals surface area contributed by atoms with E-state index in [1.165, 1.54) is 6.04 Å². The molecule has 0 aromatic rings. The Bertz CT molecular complexity index is 325. The SMILES string of the molecule is CC1(C)O[Si](C)(C)[Si](C)(C)[Si](C)(CCCO)[Si]1(C)C. The summed E-state index contributed by atoms with van der Waals surface area (Å²) in [5, 5.41) is 9.46. The molecule has 1 rings (SSSR count). The van der Waals surface area contributed by atoms with E-state index in [1.54, 1.807) is 0 Å². The molecule has 0 aromatic carbocycles. The van der Waals surface area contributed by atoms with Gasteiger partial charge in [-0.05, 0) is 33.4 Å². The highest BCUT2D eigenvalue weighted by Gasteiger charge is 2.70. The molecule has 0 aromatic heterocycles. The van der Waals surface area contributed by atoms with Crippen molar-refractivity contribution in [2.75, 3.05) is 6.61 Å². The Balaban J connectivity index is 3.40. The monoisotopic (exact) mass is 334 g/mol. The lowest BCUT2D eigenvalue weighted by atomic mass is 10.5. The number of hydrogen-bond donors (Lipinski definition) is 1. The lowest BCUT2D eigenvalue weighted by Crippen LogP contribution is -2.90. The molecular formula is C13H34O2Si4. The summed E-state index contributed by atoms with van der Waals surface area (Å²) in [4.78, 5) is 0. The molecule has 1 atom stereocenters. The molecule has 19 heavy (non-hydrogen) atoms. The van der Waals surface area contributed by atoms with Crippen molar-refractivity contribution in [3.63, 3.8) is 0 Å². The van der Waals surface area contributed by atoms with Gasteiger partial charge in [-0.2, -0.15) is 0 Å². The van der Waals surface area contributed by atoms with Crippen LogP contribution >= 0.6 is 0 Å². The maximum atomic E-state index is 9.35. The molecule has 1 aliphatic heterocycles. The van der Waals surface area contributed by atoms with Gasteiger partial charge in [0.2, 0.25) is 0 Å². The topological polar surface area (TPSA) is 29.5 Å². The lowest BCUT2D eigenvalue weighted by Gasteiger charge is -2.67. The summed E-state index contributed by atoms with van der Waals surface area (Å²) in [5.74, 6) is 0. The molecule has 1 unspecified atom stereocenters. The molecule has 0 saturated carbocycles. The third-order valence-electron chi connectivity index (χ3n) is 7.11. The van der Waals surface area contributed by atoms with Crippen molar-refractivity contribution >= 4 is 29.6 Å². The maximum Gasteiger partial charge on any atom is 0.171 e. The van der Waals surface area contributed by atoms with E-state index in [1.807, 2.05) is 0 Å². The fourth-order valence-corrected chi connectivity index (χ4v) is 80.4. The van der Waals surface area contributed by atoms with Gasteiger partial charge >= 0.3 is 0 Å². The van der Waals surface area contributed by atoms with Gasteiger partial charge in [-0.15, -0.1) is 0 Å². The Morgan fingerprint density at radius 3 is 1.84 bits per heavy atom. The molecule has 0 amide bonds. The molecule has 0 radical (unpaired) electrons. The van der Waals surface area contributed by atoms with Crippen LogP contribution in [0.25, 0.3) is 0 Å². The van der Waals surface area contributed by atoms with Gasteiger partial charge in [-0.3, -0.25) is 0 Å². The van der Waals surface area contributed by atoms with Crippen LogP contribution in [0.1, 0.15) is 20.3 Å². The highest BCUT2D eigenvalue weighted by Crippen LogP contribution is 2.49. The number of aliphatic hydroxyl groups excluding tert-OH is 1. The van der Waals surface area contributed by atoms with Crippen molar-refractivity contribution in [2.24, 2.45) is 0 Å². The van der Waals surface area contributed by atoms with E-state index >= 15 is 0 Å². The lowest BCUT2D eigenvalue weighted by molar-refractivity contribution is 0.183. The van der Waals surface area contributed by atoms with E-state index < -0.39 is 29.6 Å². The van der Waals surface area contributed by atoms with Crippen LogP contribution in [0.15, 0.2) is 0 Å². The summed E-state index contributed by atoms with van der Waals surface area (Å²) in [6.07, 6.45) is 1.01. The van der Waals surface area contributed by atoms with Gasteiger partial charge in [0.1, 0.15) is 0 Å². The summed E-state index contributed by atoms with van der Waals surface area (Å²) < 4.78 is 6.80. The first kappa shape index (κ1) is 17.8. The number of rotatable bonds is 3. The predicted molar refractivity (Wildman–Crippen MR) is 95.7 cm³/mol. The highest BCUT2D eigenvalue weighted by molar-refractivity contribution is 7.83. The van der Waals surface area contributed by atoms with Crippen LogP contribution in [0.5, 0.6) is 0 Å². The van der Waals surface area contributed by atoms with Crippen LogP contribution < -0.4 is 0 Å². The standard InChI is InChI=1S/C13H34O2Si4/c1-13(2)15-17(5,6)18(7,8)19(9,12-10-11-14)16(13,3)4/h14H,10-12H2,1-9H3. The molecule has 1 heterocycles. The largest absolute Gasteiger partial charge is 0.418 e. The fourth-order valence-electron chi connectivity index (χ4n) is 4.06. The Morgan fingerprint density at radius 2 is 1.42 bits per heavy atom. The van der Waals surface area contributed by atoms with Gasteiger partial charge in [0.15, 0.2) is 7.83 Å². The van der Waals surface area contributed by atoms with E-state index in [0.29, 0.717) is 6.61 Å². The Hall–Kier alpha value is 0.788. The zero-order valence-electron chi connectivity index (χ0n) is 14.5.